The molecule has 79 valence electrons. The number of fused-ring (bicyclic) bond motifs is 1. The van der Waals surface area contributed by atoms with Crippen LogP contribution in [0.1, 0.15) is 0 Å². The zero-order chi connectivity index (χ0) is 11.0. The molecule has 2 N–H and O–H groups in total. The van der Waals surface area contributed by atoms with Crippen molar-refractivity contribution in [2.24, 2.45) is 4.99 Å². The van der Waals surface area contributed by atoms with Gasteiger partial charge in [0, 0.05) is 0 Å². The fourth-order valence-electron chi connectivity index (χ4n) is 1.16. The van der Waals surface area contributed by atoms with Gasteiger partial charge in [0.1, 0.15) is 11.7 Å². The summed E-state index contributed by atoms with van der Waals surface area (Å²) in [6.07, 6.45) is 1.39. The van der Waals surface area contributed by atoms with E-state index in [1.807, 2.05) is 0 Å². The van der Waals surface area contributed by atoms with Gasteiger partial charge in [0.25, 0.3) is 0 Å². The Morgan fingerprint density at radius 2 is 2.47 bits per heavy atom. The highest BCUT2D eigenvalue weighted by Gasteiger charge is 2.29. The molecule has 0 fully saturated rings. The molecule has 2 rings (SSSR count). The third-order valence-corrected chi connectivity index (χ3v) is 2.09. The van der Waals surface area contributed by atoms with Crippen molar-refractivity contribution in [2.75, 3.05) is 6.67 Å². The molecule has 0 aromatic carbocycles. The van der Waals surface area contributed by atoms with Gasteiger partial charge in [0.15, 0.2) is 5.82 Å². The number of nitrogens with zero attached hydrogens (tertiary/aromatic N) is 3. The molecule has 0 saturated heterocycles. The van der Waals surface area contributed by atoms with Crippen LogP contribution in [0.2, 0.25) is 0 Å². The first-order valence-corrected chi connectivity index (χ1v) is 4.35. The summed E-state index contributed by atoms with van der Waals surface area (Å²) < 4.78 is 12.3. The molecular formula is C7H6FN4O2S. The highest BCUT2D eigenvalue weighted by molar-refractivity contribution is 7.84. The smallest absolute Gasteiger partial charge is 0.427 e. The minimum absolute atomic E-state index is 0.177. The first-order valence-electron chi connectivity index (χ1n) is 3.94. The van der Waals surface area contributed by atoms with Crippen LogP contribution in [0.15, 0.2) is 28.1 Å². The van der Waals surface area contributed by atoms with Crippen molar-refractivity contribution in [3.63, 3.8) is 0 Å². The Kier molecular flexibility index (Phi) is 2.29. The molecule has 0 spiro atoms. The molecule has 0 unspecified atom stereocenters. The summed E-state index contributed by atoms with van der Waals surface area (Å²) in [5, 5.41) is 11.0. The second-order valence-corrected chi connectivity index (χ2v) is 3.21. The van der Waals surface area contributed by atoms with Crippen LogP contribution in [-0.4, -0.2) is 33.6 Å². The lowest BCUT2D eigenvalue weighted by Crippen LogP contribution is -2.42. The van der Waals surface area contributed by atoms with Crippen LogP contribution in [0.25, 0.3) is 0 Å². The Bertz CT molecular complexity index is 406. The molecule has 2 aliphatic rings. The first-order chi connectivity index (χ1) is 7.11. The number of hydrazine groups is 2. The van der Waals surface area contributed by atoms with Crippen molar-refractivity contribution in [1.29, 1.82) is 0 Å². The van der Waals surface area contributed by atoms with Gasteiger partial charge in [-0.05, 0) is 6.08 Å². The zero-order valence-electron chi connectivity index (χ0n) is 7.35. The predicted octanol–water partition coefficient (Wildman–Crippen LogP) is 0.964. The molecule has 6 nitrogen and oxygen atoms in total. The maximum absolute atomic E-state index is 12.3. The number of halogens is 1. The van der Waals surface area contributed by atoms with E-state index >= 15 is 0 Å². The summed E-state index contributed by atoms with van der Waals surface area (Å²) in [4.78, 5) is 14.5. The van der Waals surface area contributed by atoms with Gasteiger partial charge in [-0.15, -0.1) is 5.53 Å². The van der Waals surface area contributed by atoms with Crippen molar-refractivity contribution < 1.29 is 14.3 Å². The average molecular weight is 229 g/mol. The van der Waals surface area contributed by atoms with E-state index in [4.69, 9.17) is 17.7 Å². The van der Waals surface area contributed by atoms with E-state index in [1.54, 1.807) is 0 Å². The van der Waals surface area contributed by atoms with Crippen molar-refractivity contribution in [2.45, 2.75) is 0 Å². The van der Waals surface area contributed by atoms with E-state index in [1.165, 1.54) is 17.3 Å². The SMILES string of the molecule is O=C(O)N1C=C2N=C(CF)C=C([S])N2N1. The van der Waals surface area contributed by atoms with E-state index in [-0.39, 0.29) is 16.6 Å². The van der Waals surface area contributed by atoms with Crippen molar-refractivity contribution in [3.8, 4) is 0 Å². The van der Waals surface area contributed by atoms with Gasteiger partial charge in [-0.1, -0.05) is 12.6 Å². The molecule has 2 heterocycles. The van der Waals surface area contributed by atoms with Crippen LogP contribution >= 0.6 is 12.6 Å². The summed E-state index contributed by atoms with van der Waals surface area (Å²) in [7, 11) is 0. The number of allylic oxidation sites excluding steroid dienone is 1. The number of carbonyl (C=O) groups is 1. The first kappa shape index (κ1) is 9.87. The third-order valence-electron chi connectivity index (χ3n) is 1.79. The lowest BCUT2D eigenvalue weighted by Gasteiger charge is -2.22. The van der Waals surface area contributed by atoms with E-state index in [0.29, 0.717) is 0 Å². The number of nitrogens with one attached hydrogen (secondary N) is 1. The fraction of sp³-hybridized carbons (Fsp3) is 0.143. The molecule has 15 heavy (non-hydrogen) atoms. The van der Waals surface area contributed by atoms with E-state index < -0.39 is 12.8 Å². The van der Waals surface area contributed by atoms with Gasteiger partial charge in [-0.25, -0.2) is 19.2 Å². The Morgan fingerprint density at radius 3 is 3.07 bits per heavy atom. The highest BCUT2D eigenvalue weighted by Crippen LogP contribution is 2.24. The van der Waals surface area contributed by atoms with Crippen molar-refractivity contribution in [3.05, 3.63) is 23.1 Å². The Morgan fingerprint density at radius 1 is 1.73 bits per heavy atom. The average Bonchev–Trinajstić information content (AvgIpc) is 2.61. The normalized spacial score (nSPS) is 19.4. The molecule has 1 amide bonds. The molecule has 0 saturated carbocycles. The van der Waals surface area contributed by atoms with Crippen LogP contribution in [0, 0.1) is 0 Å². The maximum atomic E-state index is 12.3. The van der Waals surface area contributed by atoms with Crippen LogP contribution in [-0.2, 0) is 0 Å². The van der Waals surface area contributed by atoms with Gasteiger partial charge >= 0.3 is 6.09 Å². The van der Waals surface area contributed by atoms with Gasteiger partial charge in [0.05, 0.1) is 11.9 Å². The summed E-state index contributed by atoms with van der Waals surface area (Å²) in [5.41, 5.74) is 2.64. The molecule has 0 bridgehead atoms. The molecular weight excluding hydrogens is 223 g/mol. The van der Waals surface area contributed by atoms with Crippen LogP contribution in [0.4, 0.5) is 9.18 Å². The molecule has 0 aliphatic carbocycles. The predicted molar refractivity (Wildman–Crippen MR) is 52.0 cm³/mol. The van der Waals surface area contributed by atoms with E-state index in [2.05, 4.69) is 10.5 Å². The number of carboxylic acid groups (broad SMARTS) is 1. The highest BCUT2D eigenvalue weighted by atomic mass is 32.1. The lowest BCUT2D eigenvalue weighted by molar-refractivity contribution is 0.119. The van der Waals surface area contributed by atoms with Gasteiger partial charge in [-0.2, -0.15) is 5.01 Å². The Labute approximate surface area is 89.7 Å². The summed E-state index contributed by atoms with van der Waals surface area (Å²) in [5.74, 6) is 0.262. The zero-order valence-corrected chi connectivity index (χ0v) is 8.16. The summed E-state index contributed by atoms with van der Waals surface area (Å²) >= 11 is 4.93. The topological polar surface area (TPSA) is 68.2 Å². The number of hydrogen-bond donors (Lipinski definition) is 2. The quantitative estimate of drug-likeness (QED) is 0.702. The molecule has 0 aromatic heterocycles. The molecule has 1 radical (unpaired) electrons. The Hall–Kier alpha value is -1.67. The van der Waals surface area contributed by atoms with Gasteiger partial charge in [-0.3, -0.25) is 0 Å². The van der Waals surface area contributed by atoms with Crippen molar-refractivity contribution >= 4 is 24.4 Å². The van der Waals surface area contributed by atoms with Crippen LogP contribution in [0.5, 0.6) is 0 Å². The largest absolute Gasteiger partial charge is 0.464 e. The standard InChI is InChI=1S/C7H6FN4O2S/c8-2-4-1-6(15)12-5(9-4)3-11(10-12)7(13)14/h1,3,10H,2H2,(H,13,14). The number of hydrogen-bond acceptors (Lipinski definition) is 4. The second kappa shape index (κ2) is 3.48. The number of rotatable bonds is 1. The van der Waals surface area contributed by atoms with E-state index in [9.17, 15) is 9.18 Å². The minimum atomic E-state index is -1.20. The van der Waals surface area contributed by atoms with Crippen LogP contribution < -0.4 is 5.53 Å². The maximum Gasteiger partial charge on any atom is 0.427 e. The van der Waals surface area contributed by atoms with Gasteiger partial charge < -0.3 is 5.11 Å². The molecule has 2 aliphatic heterocycles. The minimum Gasteiger partial charge on any atom is -0.464 e. The third kappa shape index (κ3) is 1.64. The molecule has 8 heteroatoms. The number of amides is 1. The number of alkyl halides is 1. The monoisotopic (exact) mass is 229 g/mol. The fourth-order valence-corrected chi connectivity index (χ4v) is 1.43. The lowest BCUT2D eigenvalue weighted by atomic mass is 10.3. The number of aliphatic imine (C=N–C) groups is 1. The summed E-state index contributed by atoms with van der Waals surface area (Å²) in [6.45, 7) is -0.738. The van der Waals surface area contributed by atoms with E-state index in [0.717, 1.165) is 5.01 Å². The Balaban J connectivity index is 2.30. The van der Waals surface area contributed by atoms with Crippen molar-refractivity contribution in [1.82, 2.24) is 15.6 Å². The molecule has 0 atom stereocenters. The summed E-state index contributed by atoms with van der Waals surface area (Å²) in [6, 6.07) is 0. The second-order valence-electron chi connectivity index (χ2n) is 2.79. The van der Waals surface area contributed by atoms with Gasteiger partial charge in [0.2, 0.25) is 0 Å². The molecule has 0 aromatic rings. The van der Waals surface area contributed by atoms with Crippen LogP contribution in [0.3, 0.4) is 0 Å².